The van der Waals surface area contributed by atoms with E-state index in [1.54, 1.807) is 33.1 Å². The highest BCUT2D eigenvalue weighted by Crippen LogP contribution is 2.25. The Labute approximate surface area is 157 Å². The molecular formula is C19H32N2O4S. The molecule has 0 bridgehead atoms. The topological polar surface area (TPSA) is 67.9 Å². The number of aryl methyl sites for hydroxylation is 2. The minimum Gasteiger partial charge on any atom is -0.497 e. The van der Waals surface area contributed by atoms with Gasteiger partial charge in [-0.2, -0.15) is 0 Å². The van der Waals surface area contributed by atoms with E-state index < -0.39 is 10.0 Å². The van der Waals surface area contributed by atoms with Crippen molar-refractivity contribution in [1.82, 2.24) is 9.62 Å². The average Bonchev–Trinajstić information content (AvgIpc) is 2.58. The summed E-state index contributed by atoms with van der Waals surface area (Å²) < 4.78 is 39.4. The lowest BCUT2D eigenvalue weighted by molar-refractivity contribution is 0.0134. The Hall–Kier alpha value is -1.15. The number of hydrogen-bond acceptors (Lipinski definition) is 5. The molecule has 1 unspecified atom stereocenters. The van der Waals surface area contributed by atoms with Crippen molar-refractivity contribution < 1.29 is 17.9 Å². The third-order valence-electron chi connectivity index (χ3n) is 4.75. The molecule has 1 aliphatic heterocycles. The van der Waals surface area contributed by atoms with Crippen molar-refractivity contribution in [2.75, 3.05) is 40.0 Å². The second-order valence-electron chi connectivity index (χ2n) is 7.37. The molecule has 1 aromatic carbocycles. The quantitative estimate of drug-likeness (QED) is 0.745. The highest BCUT2D eigenvalue weighted by molar-refractivity contribution is 7.89. The molecule has 1 heterocycles. The monoisotopic (exact) mass is 384 g/mol. The zero-order valence-corrected chi connectivity index (χ0v) is 17.4. The second kappa shape index (κ2) is 9.17. The maximum absolute atomic E-state index is 13.0. The van der Waals surface area contributed by atoms with Gasteiger partial charge in [0, 0.05) is 25.7 Å². The van der Waals surface area contributed by atoms with Gasteiger partial charge in [0.05, 0.1) is 25.2 Å². The highest BCUT2D eigenvalue weighted by Gasteiger charge is 2.26. The van der Waals surface area contributed by atoms with Crippen LogP contribution >= 0.6 is 0 Å². The first-order chi connectivity index (χ1) is 12.2. The van der Waals surface area contributed by atoms with Crippen LogP contribution in [0.1, 0.15) is 31.4 Å². The molecule has 1 saturated heterocycles. The number of morpholine rings is 1. The zero-order chi connectivity index (χ0) is 19.3. The molecule has 0 aliphatic carbocycles. The van der Waals surface area contributed by atoms with Gasteiger partial charge in [0.2, 0.25) is 10.0 Å². The lowest BCUT2D eigenvalue weighted by Crippen LogP contribution is -2.49. The molecule has 0 aromatic heterocycles. The van der Waals surface area contributed by atoms with Crippen molar-refractivity contribution in [3.63, 3.8) is 0 Å². The highest BCUT2D eigenvalue weighted by atomic mass is 32.2. The van der Waals surface area contributed by atoms with Crippen LogP contribution in [0.5, 0.6) is 5.75 Å². The standard InChI is InChI=1S/C19H32N2O4S/c1-14(2)10-17(21-6-8-25-9-7-21)13-20-26(22,23)19-15(3)11-18(24-5)12-16(19)4/h11-12,14,17,20H,6-10,13H2,1-5H3. The molecule has 0 radical (unpaired) electrons. The minimum atomic E-state index is -3.58. The number of methoxy groups -OCH3 is 1. The molecule has 0 amide bonds. The van der Waals surface area contributed by atoms with E-state index in [0.29, 0.717) is 47.4 Å². The van der Waals surface area contributed by atoms with E-state index in [4.69, 9.17) is 9.47 Å². The molecule has 1 aromatic rings. The lowest BCUT2D eigenvalue weighted by atomic mass is 10.0. The van der Waals surface area contributed by atoms with Crippen LogP contribution in [0.25, 0.3) is 0 Å². The van der Waals surface area contributed by atoms with Crippen molar-refractivity contribution in [2.45, 2.75) is 45.1 Å². The van der Waals surface area contributed by atoms with Gasteiger partial charge in [-0.1, -0.05) is 13.8 Å². The Balaban J connectivity index is 2.16. The van der Waals surface area contributed by atoms with Crippen LogP contribution in [0, 0.1) is 19.8 Å². The molecule has 0 spiro atoms. The molecule has 1 atom stereocenters. The number of hydrogen-bond donors (Lipinski definition) is 1. The SMILES string of the molecule is COc1cc(C)c(S(=O)(=O)NCC(CC(C)C)N2CCOCC2)c(C)c1. The summed E-state index contributed by atoms with van der Waals surface area (Å²) in [6.45, 7) is 11.5. The Bertz CT molecular complexity index is 674. The largest absolute Gasteiger partial charge is 0.497 e. The van der Waals surface area contributed by atoms with Gasteiger partial charge in [0.25, 0.3) is 0 Å². The fourth-order valence-electron chi connectivity index (χ4n) is 3.58. The molecule has 148 valence electrons. The first-order valence-corrected chi connectivity index (χ1v) is 10.7. The van der Waals surface area contributed by atoms with Gasteiger partial charge in [0.1, 0.15) is 5.75 Å². The summed E-state index contributed by atoms with van der Waals surface area (Å²) in [7, 11) is -2.00. The zero-order valence-electron chi connectivity index (χ0n) is 16.5. The fraction of sp³-hybridized carbons (Fsp3) is 0.684. The molecular weight excluding hydrogens is 352 g/mol. The van der Waals surface area contributed by atoms with Crippen LogP contribution < -0.4 is 9.46 Å². The molecule has 1 N–H and O–H groups in total. The van der Waals surface area contributed by atoms with Gasteiger partial charge in [0.15, 0.2) is 0 Å². The summed E-state index contributed by atoms with van der Waals surface area (Å²) in [6.07, 6.45) is 0.948. The second-order valence-corrected chi connectivity index (χ2v) is 9.08. The van der Waals surface area contributed by atoms with E-state index in [2.05, 4.69) is 23.5 Å². The van der Waals surface area contributed by atoms with E-state index in [9.17, 15) is 8.42 Å². The molecule has 7 heteroatoms. The molecule has 1 fully saturated rings. The van der Waals surface area contributed by atoms with Crippen LogP contribution in [0.3, 0.4) is 0 Å². The fourth-order valence-corrected chi connectivity index (χ4v) is 5.10. The Morgan fingerprint density at radius 3 is 2.27 bits per heavy atom. The Kier molecular flexibility index (Phi) is 7.46. The summed E-state index contributed by atoms with van der Waals surface area (Å²) in [4.78, 5) is 2.68. The summed E-state index contributed by atoms with van der Waals surface area (Å²) >= 11 is 0. The molecule has 6 nitrogen and oxygen atoms in total. The normalized spacial score (nSPS) is 17.5. The maximum atomic E-state index is 13.0. The lowest BCUT2D eigenvalue weighted by Gasteiger charge is -2.35. The Morgan fingerprint density at radius 2 is 1.77 bits per heavy atom. The molecule has 0 saturated carbocycles. The van der Waals surface area contributed by atoms with E-state index >= 15 is 0 Å². The van der Waals surface area contributed by atoms with Crippen LogP contribution in [0.2, 0.25) is 0 Å². The van der Waals surface area contributed by atoms with Gasteiger partial charge in [-0.3, -0.25) is 4.90 Å². The van der Waals surface area contributed by atoms with E-state index in [0.717, 1.165) is 19.5 Å². The number of benzene rings is 1. The predicted octanol–water partition coefficient (Wildman–Crippen LogP) is 2.34. The van der Waals surface area contributed by atoms with Crippen LogP contribution in [0.4, 0.5) is 0 Å². The number of nitrogens with one attached hydrogen (secondary N) is 1. The number of rotatable bonds is 8. The van der Waals surface area contributed by atoms with Crippen LogP contribution in [-0.2, 0) is 14.8 Å². The summed E-state index contributed by atoms with van der Waals surface area (Å²) in [5, 5.41) is 0. The van der Waals surface area contributed by atoms with Gasteiger partial charge < -0.3 is 9.47 Å². The summed E-state index contributed by atoms with van der Waals surface area (Å²) in [6, 6.07) is 3.69. The van der Waals surface area contributed by atoms with Gasteiger partial charge >= 0.3 is 0 Å². The van der Waals surface area contributed by atoms with Crippen molar-refractivity contribution >= 4 is 10.0 Å². The first kappa shape index (κ1) is 21.2. The molecule has 1 aliphatic rings. The van der Waals surface area contributed by atoms with Gasteiger partial charge in [-0.25, -0.2) is 13.1 Å². The third-order valence-corrected chi connectivity index (χ3v) is 6.48. The predicted molar refractivity (Wildman–Crippen MR) is 103 cm³/mol. The van der Waals surface area contributed by atoms with Crippen LogP contribution in [-0.4, -0.2) is 59.3 Å². The first-order valence-electron chi connectivity index (χ1n) is 9.21. The minimum absolute atomic E-state index is 0.174. The smallest absolute Gasteiger partial charge is 0.241 e. The Morgan fingerprint density at radius 1 is 1.19 bits per heavy atom. The average molecular weight is 385 g/mol. The van der Waals surface area contributed by atoms with E-state index in [1.807, 2.05) is 0 Å². The van der Waals surface area contributed by atoms with Crippen molar-refractivity contribution in [1.29, 1.82) is 0 Å². The maximum Gasteiger partial charge on any atom is 0.241 e. The van der Waals surface area contributed by atoms with E-state index in [1.165, 1.54) is 0 Å². The van der Waals surface area contributed by atoms with Crippen LogP contribution in [0.15, 0.2) is 17.0 Å². The van der Waals surface area contributed by atoms with Gasteiger partial charge in [-0.05, 0) is 49.4 Å². The molecule has 2 rings (SSSR count). The van der Waals surface area contributed by atoms with Gasteiger partial charge in [-0.15, -0.1) is 0 Å². The summed E-state index contributed by atoms with van der Waals surface area (Å²) in [5.74, 6) is 1.17. The van der Waals surface area contributed by atoms with Crippen molar-refractivity contribution in [2.24, 2.45) is 5.92 Å². The van der Waals surface area contributed by atoms with Crippen molar-refractivity contribution in [3.05, 3.63) is 23.3 Å². The third kappa shape index (κ3) is 5.42. The molecule has 26 heavy (non-hydrogen) atoms. The number of sulfonamides is 1. The van der Waals surface area contributed by atoms with Crippen molar-refractivity contribution in [3.8, 4) is 5.75 Å². The number of nitrogens with zero attached hydrogens (tertiary/aromatic N) is 1. The van der Waals surface area contributed by atoms with E-state index in [-0.39, 0.29) is 6.04 Å². The number of ether oxygens (including phenoxy) is 2. The summed E-state index contributed by atoms with van der Waals surface area (Å²) in [5.41, 5.74) is 1.39.